The van der Waals surface area contributed by atoms with Crippen LogP contribution in [0.15, 0.2) is 41.0 Å². The van der Waals surface area contributed by atoms with Gasteiger partial charge in [-0.05, 0) is 30.3 Å². The Labute approximate surface area is 101 Å². The van der Waals surface area contributed by atoms with Crippen LogP contribution in [-0.2, 0) is 0 Å². The summed E-state index contributed by atoms with van der Waals surface area (Å²) in [5.41, 5.74) is -0.319. The van der Waals surface area contributed by atoms with E-state index in [0.29, 0.717) is 0 Å². The largest absolute Gasteiger partial charge is 0.478 e. The lowest BCUT2D eigenvalue weighted by Crippen LogP contribution is -2.14. The van der Waals surface area contributed by atoms with Gasteiger partial charge in [0.25, 0.3) is 5.91 Å². The Hall–Kier alpha value is -2.63. The van der Waals surface area contributed by atoms with Gasteiger partial charge >= 0.3 is 5.97 Å². The number of halogens is 1. The van der Waals surface area contributed by atoms with Crippen LogP contribution in [0.3, 0.4) is 0 Å². The summed E-state index contributed by atoms with van der Waals surface area (Å²) >= 11 is 0. The van der Waals surface area contributed by atoms with E-state index in [1.54, 1.807) is 0 Å². The van der Waals surface area contributed by atoms with Gasteiger partial charge in [0.05, 0.1) is 17.5 Å². The smallest absolute Gasteiger partial charge is 0.337 e. The normalized spacial score (nSPS) is 10.1. The summed E-state index contributed by atoms with van der Waals surface area (Å²) in [4.78, 5) is 22.5. The lowest BCUT2D eigenvalue weighted by molar-refractivity contribution is 0.0698. The number of carboxylic acids is 1. The van der Waals surface area contributed by atoms with Crippen molar-refractivity contribution in [2.24, 2.45) is 0 Å². The fourth-order valence-electron chi connectivity index (χ4n) is 1.40. The van der Waals surface area contributed by atoms with Gasteiger partial charge in [-0.2, -0.15) is 0 Å². The molecule has 0 unspecified atom stereocenters. The van der Waals surface area contributed by atoms with Gasteiger partial charge in [0.1, 0.15) is 5.82 Å². The summed E-state index contributed by atoms with van der Waals surface area (Å²) < 4.78 is 17.9. The van der Waals surface area contributed by atoms with Gasteiger partial charge in [0.2, 0.25) is 0 Å². The summed E-state index contributed by atoms with van der Waals surface area (Å²) in [7, 11) is 0. The molecule has 18 heavy (non-hydrogen) atoms. The molecule has 2 aromatic rings. The predicted octanol–water partition coefficient (Wildman–Crippen LogP) is 2.37. The molecule has 6 heteroatoms. The molecule has 1 heterocycles. The second-order valence-corrected chi connectivity index (χ2v) is 3.43. The van der Waals surface area contributed by atoms with E-state index in [-0.39, 0.29) is 17.0 Å². The van der Waals surface area contributed by atoms with Crippen molar-refractivity contribution in [2.45, 2.75) is 0 Å². The van der Waals surface area contributed by atoms with E-state index in [1.165, 1.54) is 18.4 Å². The Morgan fingerprint density at radius 3 is 2.67 bits per heavy atom. The highest BCUT2D eigenvalue weighted by molar-refractivity contribution is 6.06. The van der Waals surface area contributed by atoms with Crippen molar-refractivity contribution in [3.8, 4) is 0 Å². The lowest BCUT2D eigenvalue weighted by atomic mass is 10.1. The zero-order valence-corrected chi connectivity index (χ0v) is 9.01. The topological polar surface area (TPSA) is 79.5 Å². The summed E-state index contributed by atoms with van der Waals surface area (Å²) in [6.45, 7) is 0. The summed E-state index contributed by atoms with van der Waals surface area (Å²) in [5.74, 6) is -2.54. The van der Waals surface area contributed by atoms with Crippen LogP contribution in [0.2, 0.25) is 0 Å². The number of aromatic carboxylic acids is 1. The number of benzene rings is 1. The Morgan fingerprint density at radius 2 is 2.06 bits per heavy atom. The molecule has 2 N–H and O–H groups in total. The van der Waals surface area contributed by atoms with Gasteiger partial charge in [0.15, 0.2) is 5.76 Å². The molecule has 1 aromatic heterocycles. The van der Waals surface area contributed by atoms with E-state index in [9.17, 15) is 14.0 Å². The molecule has 0 saturated heterocycles. The van der Waals surface area contributed by atoms with Gasteiger partial charge in [-0.15, -0.1) is 0 Å². The molecule has 0 aliphatic rings. The highest BCUT2D eigenvalue weighted by Crippen LogP contribution is 2.18. The molecule has 92 valence electrons. The van der Waals surface area contributed by atoms with Crippen LogP contribution in [0.4, 0.5) is 10.1 Å². The van der Waals surface area contributed by atoms with Crippen LogP contribution < -0.4 is 5.32 Å². The molecule has 2 rings (SSSR count). The van der Waals surface area contributed by atoms with Crippen molar-refractivity contribution in [1.29, 1.82) is 0 Å². The second kappa shape index (κ2) is 4.70. The number of amides is 1. The number of hydrogen-bond acceptors (Lipinski definition) is 3. The molecule has 0 bridgehead atoms. The molecule has 0 atom stereocenters. The number of carboxylic acid groups (broad SMARTS) is 1. The number of nitrogens with one attached hydrogen (secondary N) is 1. The van der Waals surface area contributed by atoms with Crippen molar-refractivity contribution in [1.82, 2.24) is 0 Å². The highest BCUT2D eigenvalue weighted by Gasteiger charge is 2.15. The first-order valence-electron chi connectivity index (χ1n) is 4.95. The molecule has 0 fully saturated rings. The minimum atomic E-state index is -1.26. The van der Waals surface area contributed by atoms with Gasteiger partial charge in [-0.25, -0.2) is 9.18 Å². The maximum absolute atomic E-state index is 13.0. The van der Waals surface area contributed by atoms with Crippen LogP contribution in [0.5, 0.6) is 0 Å². The first-order chi connectivity index (χ1) is 8.58. The molecule has 1 aromatic carbocycles. The van der Waals surface area contributed by atoms with Crippen molar-refractivity contribution in [3.05, 3.63) is 53.7 Å². The predicted molar refractivity (Wildman–Crippen MR) is 60.0 cm³/mol. The fourth-order valence-corrected chi connectivity index (χ4v) is 1.40. The fraction of sp³-hybridized carbons (Fsp3) is 0. The van der Waals surface area contributed by atoms with E-state index in [0.717, 1.165) is 18.2 Å². The number of carbonyl (C=O) groups excluding carboxylic acids is 1. The number of carbonyl (C=O) groups is 2. The molecular weight excluding hydrogens is 241 g/mol. The second-order valence-electron chi connectivity index (χ2n) is 3.43. The molecule has 0 aliphatic heterocycles. The van der Waals surface area contributed by atoms with Crippen LogP contribution >= 0.6 is 0 Å². The first-order valence-corrected chi connectivity index (χ1v) is 4.95. The molecule has 0 spiro atoms. The van der Waals surface area contributed by atoms with E-state index < -0.39 is 17.7 Å². The molecular formula is C12H8FNO4. The maximum Gasteiger partial charge on any atom is 0.337 e. The summed E-state index contributed by atoms with van der Waals surface area (Å²) in [5, 5.41) is 11.2. The van der Waals surface area contributed by atoms with Crippen LogP contribution in [0, 0.1) is 5.82 Å². The van der Waals surface area contributed by atoms with Crippen LogP contribution in [0.1, 0.15) is 20.9 Å². The third-order valence-corrected chi connectivity index (χ3v) is 2.21. The van der Waals surface area contributed by atoms with Crippen molar-refractivity contribution >= 4 is 17.6 Å². The van der Waals surface area contributed by atoms with Crippen molar-refractivity contribution in [3.63, 3.8) is 0 Å². The average Bonchev–Trinajstić information content (AvgIpc) is 2.81. The van der Waals surface area contributed by atoms with Crippen LogP contribution in [0.25, 0.3) is 0 Å². The molecule has 1 amide bonds. The summed E-state index contributed by atoms with van der Waals surface area (Å²) in [6.07, 6.45) is 1.30. The maximum atomic E-state index is 13.0. The van der Waals surface area contributed by atoms with E-state index in [4.69, 9.17) is 9.52 Å². The quantitative estimate of drug-likeness (QED) is 0.875. The Bertz CT molecular complexity index is 592. The van der Waals surface area contributed by atoms with E-state index >= 15 is 0 Å². The Kier molecular flexibility index (Phi) is 3.09. The van der Waals surface area contributed by atoms with Crippen LogP contribution in [-0.4, -0.2) is 17.0 Å². The molecule has 0 aliphatic carbocycles. The highest BCUT2D eigenvalue weighted by atomic mass is 19.1. The lowest BCUT2D eigenvalue weighted by Gasteiger charge is -2.07. The number of hydrogen-bond donors (Lipinski definition) is 2. The standard InChI is InChI=1S/C12H8FNO4/c13-7-3-4-8(12(16)17)9(6-7)14-11(15)10-2-1-5-18-10/h1-6H,(H,14,15)(H,16,17). The van der Waals surface area contributed by atoms with Gasteiger partial charge in [-0.3, -0.25) is 4.79 Å². The Balaban J connectivity index is 2.31. The average molecular weight is 249 g/mol. The zero-order chi connectivity index (χ0) is 13.1. The Morgan fingerprint density at radius 1 is 1.28 bits per heavy atom. The van der Waals surface area contributed by atoms with E-state index in [2.05, 4.69) is 5.32 Å². The number of furan rings is 1. The molecule has 0 radical (unpaired) electrons. The zero-order valence-electron chi connectivity index (χ0n) is 9.01. The third-order valence-electron chi connectivity index (χ3n) is 2.21. The van der Waals surface area contributed by atoms with E-state index in [1.807, 2.05) is 0 Å². The number of anilines is 1. The summed E-state index contributed by atoms with van der Waals surface area (Å²) in [6, 6.07) is 5.94. The minimum absolute atomic E-state index is 0.00981. The monoisotopic (exact) mass is 249 g/mol. The van der Waals surface area contributed by atoms with Gasteiger partial charge in [-0.1, -0.05) is 0 Å². The van der Waals surface area contributed by atoms with Crippen molar-refractivity contribution in [2.75, 3.05) is 5.32 Å². The van der Waals surface area contributed by atoms with Crippen molar-refractivity contribution < 1.29 is 23.5 Å². The molecule has 5 nitrogen and oxygen atoms in total. The minimum Gasteiger partial charge on any atom is -0.478 e. The first kappa shape index (κ1) is 11.8. The number of rotatable bonds is 3. The van der Waals surface area contributed by atoms with Gasteiger partial charge < -0.3 is 14.8 Å². The van der Waals surface area contributed by atoms with Gasteiger partial charge in [0, 0.05) is 0 Å². The molecule has 0 saturated carbocycles. The third kappa shape index (κ3) is 2.37. The SMILES string of the molecule is O=C(Nc1cc(F)ccc1C(=O)O)c1ccco1.